The summed E-state index contributed by atoms with van der Waals surface area (Å²) in [5, 5.41) is 10.7. The zero-order valence-corrected chi connectivity index (χ0v) is 15.5. The van der Waals surface area contributed by atoms with Crippen LogP contribution in [0.25, 0.3) is 0 Å². The Labute approximate surface area is 141 Å². The maximum absolute atomic E-state index is 10.7. The molecule has 0 radical (unpaired) electrons. The molecule has 3 aliphatic rings. The monoisotopic (exact) mass is 312 g/mol. The van der Waals surface area contributed by atoms with Crippen molar-refractivity contribution in [2.45, 2.75) is 78.6 Å². The predicted octanol–water partition coefficient (Wildman–Crippen LogP) is 5.76. The van der Waals surface area contributed by atoms with Gasteiger partial charge in [-0.1, -0.05) is 40.2 Å². The first-order valence-electron chi connectivity index (χ1n) is 9.51. The van der Waals surface area contributed by atoms with Gasteiger partial charge in [-0.15, -0.1) is 0 Å². The molecule has 1 N–H and O–H groups in total. The lowest BCUT2D eigenvalue weighted by Crippen LogP contribution is -2.55. The largest absolute Gasteiger partial charge is 0.508 e. The second-order valence-electron chi connectivity index (χ2n) is 9.93. The summed E-state index contributed by atoms with van der Waals surface area (Å²) >= 11 is 0. The number of benzene rings is 1. The lowest BCUT2D eigenvalue weighted by molar-refractivity contribution is -0.0984. The van der Waals surface area contributed by atoms with Gasteiger partial charge < -0.3 is 5.11 Å². The SMILES string of the molecule is Cc1cc(O)c2c(c1)C[C@@H]1[C@@]3(C)CCCC(C)(C)[C@@H]3CC[C@@]21C. The van der Waals surface area contributed by atoms with Crippen LogP contribution in [-0.4, -0.2) is 5.11 Å². The van der Waals surface area contributed by atoms with E-state index >= 15 is 0 Å². The van der Waals surface area contributed by atoms with Crippen molar-refractivity contribution >= 4 is 0 Å². The molecule has 0 bridgehead atoms. The highest BCUT2D eigenvalue weighted by atomic mass is 16.3. The highest BCUT2D eigenvalue weighted by Gasteiger charge is 2.61. The van der Waals surface area contributed by atoms with Gasteiger partial charge in [-0.25, -0.2) is 0 Å². The van der Waals surface area contributed by atoms with E-state index in [9.17, 15) is 5.11 Å². The minimum Gasteiger partial charge on any atom is -0.508 e. The molecule has 4 atom stereocenters. The summed E-state index contributed by atoms with van der Waals surface area (Å²) in [6.07, 6.45) is 7.86. The average molecular weight is 312 g/mol. The van der Waals surface area contributed by atoms with E-state index in [0.717, 1.165) is 5.92 Å². The van der Waals surface area contributed by atoms with Crippen molar-refractivity contribution < 1.29 is 5.11 Å². The van der Waals surface area contributed by atoms with Gasteiger partial charge in [0.2, 0.25) is 0 Å². The van der Waals surface area contributed by atoms with E-state index in [4.69, 9.17) is 0 Å². The van der Waals surface area contributed by atoms with Gasteiger partial charge in [0.15, 0.2) is 0 Å². The lowest BCUT2D eigenvalue weighted by atomic mass is 9.43. The van der Waals surface area contributed by atoms with Gasteiger partial charge in [0.05, 0.1) is 0 Å². The molecule has 2 saturated carbocycles. The molecule has 1 nitrogen and oxygen atoms in total. The smallest absolute Gasteiger partial charge is 0.119 e. The molecule has 3 aliphatic carbocycles. The number of rotatable bonds is 0. The van der Waals surface area contributed by atoms with Crippen LogP contribution in [0.2, 0.25) is 0 Å². The van der Waals surface area contributed by atoms with Crippen LogP contribution in [0.15, 0.2) is 12.1 Å². The fourth-order valence-electron chi connectivity index (χ4n) is 7.29. The predicted molar refractivity (Wildman–Crippen MR) is 95.9 cm³/mol. The van der Waals surface area contributed by atoms with Crippen LogP contribution >= 0.6 is 0 Å². The van der Waals surface area contributed by atoms with Crippen molar-refractivity contribution in [3.8, 4) is 5.75 Å². The maximum atomic E-state index is 10.7. The minimum atomic E-state index is 0.172. The Bertz CT molecular complexity index is 658. The Kier molecular flexibility index (Phi) is 3.08. The van der Waals surface area contributed by atoms with Crippen molar-refractivity contribution in [3.63, 3.8) is 0 Å². The zero-order valence-electron chi connectivity index (χ0n) is 15.5. The number of aromatic hydroxyl groups is 1. The van der Waals surface area contributed by atoms with Crippen LogP contribution in [0.1, 0.15) is 76.5 Å². The fourth-order valence-corrected chi connectivity index (χ4v) is 7.29. The molecule has 0 heterocycles. The third kappa shape index (κ3) is 1.91. The molecule has 1 aromatic rings. The quantitative estimate of drug-likeness (QED) is 0.646. The van der Waals surface area contributed by atoms with Crippen LogP contribution in [0.4, 0.5) is 0 Å². The van der Waals surface area contributed by atoms with Crippen molar-refractivity contribution in [1.29, 1.82) is 0 Å². The Morgan fingerprint density at radius 3 is 2.48 bits per heavy atom. The standard InChI is InChI=1S/C22H32O/c1-14-11-15-13-18-21(4)9-6-8-20(2,3)17(21)7-10-22(18,5)19(15)16(23)12-14/h11-12,17-18,23H,6-10,13H2,1-5H3/t17-,18+,21-,22+/m0/s1. The Morgan fingerprint density at radius 1 is 1.00 bits per heavy atom. The van der Waals surface area contributed by atoms with Gasteiger partial charge in [0, 0.05) is 11.0 Å². The van der Waals surface area contributed by atoms with Gasteiger partial charge in [0.25, 0.3) is 0 Å². The Morgan fingerprint density at radius 2 is 1.74 bits per heavy atom. The molecule has 1 heteroatoms. The van der Waals surface area contributed by atoms with Crippen molar-refractivity contribution in [1.82, 2.24) is 0 Å². The summed E-state index contributed by atoms with van der Waals surface area (Å²) < 4.78 is 0. The number of fused-ring (bicyclic) bond motifs is 5. The number of phenols is 1. The molecule has 0 saturated heterocycles. The molecule has 4 rings (SSSR count). The number of aryl methyl sites for hydroxylation is 1. The first-order valence-corrected chi connectivity index (χ1v) is 9.51. The molecule has 0 aromatic heterocycles. The molecular formula is C22H32O. The molecule has 0 unspecified atom stereocenters. The van der Waals surface area contributed by atoms with E-state index in [2.05, 4.69) is 40.7 Å². The fraction of sp³-hybridized carbons (Fsp3) is 0.727. The van der Waals surface area contributed by atoms with E-state index < -0.39 is 0 Å². The number of phenolic OH excluding ortho intramolecular Hbond substituents is 1. The van der Waals surface area contributed by atoms with Gasteiger partial charge in [0.1, 0.15) is 5.75 Å². The van der Waals surface area contributed by atoms with Gasteiger partial charge in [-0.05, 0) is 78.9 Å². The third-order valence-electron chi connectivity index (χ3n) is 8.13. The van der Waals surface area contributed by atoms with E-state index in [1.54, 1.807) is 0 Å². The zero-order chi connectivity index (χ0) is 16.6. The van der Waals surface area contributed by atoms with Crippen molar-refractivity contribution in [2.24, 2.45) is 22.7 Å². The van der Waals surface area contributed by atoms with Crippen LogP contribution in [-0.2, 0) is 11.8 Å². The average Bonchev–Trinajstić information content (AvgIpc) is 2.71. The van der Waals surface area contributed by atoms with E-state index in [1.165, 1.54) is 55.2 Å². The summed E-state index contributed by atoms with van der Waals surface area (Å²) in [6.45, 7) is 12.1. The first kappa shape index (κ1) is 15.5. The molecule has 126 valence electrons. The van der Waals surface area contributed by atoms with E-state index in [1.807, 2.05) is 6.07 Å². The van der Waals surface area contributed by atoms with Crippen LogP contribution in [0.5, 0.6) is 5.75 Å². The molecule has 0 spiro atoms. The summed E-state index contributed by atoms with van der Waals surface area (Å²) in [5.74, 6) is 2.08. The maximum Gasteiger partial charge on any atom is 0.119 e. The van der Waals surface area contributed by atoms with Gasteiger partial charge >= 0.3 is 0 Å². The topological polar surface area (TPSA) is 20.2 Å². The normalized spacial score (nSPS) is 41.1. The third-order valence-corrected chi connectivity index (χ3v) is 8.13. The van der Waals surface area contributed by atoms with Gasteiger partial charge in [-0.3, -0.25) is 0 Å². The first-order chi connectivity index (χ1) is 10.7. The van der Waals surface area contributed by atoms with E-state index in [-0.39, 0.29) is 5.41 Å². The Hall–Kier alpha value is -0.980. The minimum absolute atomic E-state index is 0.172. The number of hydrogen-bond donors (Lipinski definition) is 1. The summed E-state index contributed by atoms with van der Waals surface area (Å²) in [5.41, 5.74) is 4.99. The molecular weight excluding hydrogens is 280 g/mol. The van der Waals surface area contributed by atoms with E-state index in [0.29, 0.717) is 22.5 Å². The molecule has 0 amide bonds. The highest BCUT2D eigenvalue weighted by molar-refractivity contribution is 5.52. The van der Waals surface area contributed by atoms with Crippen molar-refractivity contribution in [3.05, 3.63) is 28.8 Å². The van der Waals surface area contributed by atoms with Crippen LogP contribution in [0.3, 0.4) is 0 Å². The highest BCUT2D eigenvalue weighted by Crippen LogP contribution is 2.68. The second kappa shape index (κ2) is 4.55. The summed E-state index contributed by atoms with van der Waals surface area (Å²) in [4.78, 5) is 0. The van der Waals surface area contributed by atoms with Gasteiger partial charge in [-0.2, -0.15) is 0 Å². The molecule has 2 fully saturated rings. The molecule has 23 heavy (non-hydrogen) atoms. The lowest BCUT2D eigenvalue weighted by Gasteiger charge is -2.61. The number of hydrogen-bond acceptors (Lipinski definition) is 1. The second-order valence-corrected chi connectivity index (χ2v) is 9.93. The summed E-state index contributed by atoms with van der Waals surface area (Å²) in [7, 11) is 0. The van der Waals surface area contributed by atoms with Crippen LogP contribution in [0, 0.1) is 29.6 Å². The molecule has 1 aromatic carbocycles. The summed E-state index contributed by atoms with van der Waals surface area (Å²) in [6, 6.07) is 4.32. The van der Waals surface area contributed by atoms with Crippen LogP contribution < -0.4 is 0 Å². The molecule has 0 aliphatic heterocycles. The van der Waals surface area contributed by atoms with Crippen molar-refractivity contribution in [2.75, 3.05) is 0 Å². The Balaban J connectivity index is 1.84.